The first-order chi connectivity index (χ1) is 11.4. The second-order valence-electron chi connectivity index (χ2n) is 4.77. The molecule has 0 heterocycles. The highest BCUT2D eigenvalue weighted by Crippen LogP contribution is 2.26. The highest BCUT2D eigenvalue weighted by molar-refractivity contribution is 7.92. The number of rotatable bonds is 6. The first-order valence-electron chi connectivity index (χ1n) is 6.85. The predicted octanol–water partition coefficient (Wildman–Crippen LogP) is 2.63. The van der Waals surface area contributed by atoms with Crippen LogP contribution in [0.1, 0.15) is 16.8 Å². The topological polar surface area (TPSA) is 98.5 Å². The van der Waals surface area contributed by atoms with Gasteiger partial charge in [0.05, 0.1) is 28.6 Å². The largest absolute Gasteiger partial charge is 0.478 e. The highest BCUT2D eigenvalue weighted by Gasteiger charge is 2.27. The van der Waals surface area contributed by atoms with Gasteiger partial charge in [-0.1, -0.05) is 18.2 Å². The maximum atomic E-state index is 14.0. The van der Waals surface area contributed by atoms with Gasteiger partial charge >= 0.3 is 5.97 Å². The number of nitrogens with zero attached hydrogens (tertiary/aromatic N) is 2. The van der Waals surface area contributed by atoms with Gasteiger partial charge in [0, 0.05) is 6.54 Å². The molecule has 0 atom stereocenters. The van der Waals surface area contributed by atoms with Crippen molar-refractivity contribution in [2.24, 2.45) is 0 Å². The monoisotopic (exact) mass is 348 g/mol. The molecule has 124 valence electrons. The van der Waals surface area contributed by atoms with Crippen LogP contribution in [0.3, 0.4) is 0 Å². The number of para-hydroxylation sites is 1. The van der Waals surface area contributed by atoms with E-state index in [1.54, 1.807) is 0 Å². The van der Waals surface area contributed by atoms with Crippen molar-refractivity contribution < 1.29 is 22.7 Å². The fraction of sp³-hybridized carbons (Fsp3) is 0.125. The van der Waals surface area contributed by atoms with Crippen LogP contribution in [0.4, 0.5) is 10.1 Å². The van der Waals surface area contributed by atoms with Crippen molar-refractivity contribution in [2.45, 2.75) is 11.3 Å². The van der Waals surface area contributed by atoms with Gasteiger partial charge < -0.3 is 5.11 Å². The van der Waals surface area contributed by atoms with E-state index in [1.165, 1.54) is 36.4 Å². The average molecular weight is 348 g/mol. The fourth-order valence-electron chi connectivity index (χ4n) is 2.09. The molecule has 0 aliphatic carbocycles. The number of nitriles is 1. The van der Waals surface area contributed by atoms with E-state index in [1.807, 2.05) is 6.07 Å². The van der Waals surface area contributed by atoms with Gasteiger partial charge in [0.15, 0.2) is 0 Å². The molecule has 0 unspecified atom stereocenters. The Bertz CT molecular complexity index is 906. The summed E-state index contributed by atoms with van der Waals surface area (Å²) >= 11 is 0. The van der Waals surface area contributed by atoms with E-state index in [0.717, 1.165) is 16.4 Å². The lowest BCUT2D eigenvalue weighted by Crippen LogP contribution is -2.32. The number of anilines is 1. The first kappa shape index (κ1) is 17.4. The molecule has 2 rings (SSSR count). The number of carbonyl (C=O) groups is 1. The van der Waals surface area contributed by atoms with Crippen LogP contribution in [0.2, 0.25) is 0 Å². The molecular formula is C16H13FN2O4S. The van der Waals surface area contributed by atoms with Gasteiger partial charge in [-0.2, -0.15) is 5.26 Å². The molecule has 0 spiro atoms. The summed E-state index contributed by atoms with van der Waals surface area (Å²) in [4.78, 5) is 10.7. The number of carboxylic acids is 1. The third-order valence-electron chi connectivity index (χ3n) is 3.22. The Kier molecular flexibility index (Phi) is 5.16. The zero-order valence-electron chi connectivity index (χ0n) is 12.4. The van der Waals surface area contributed by atoms with Gasteiger partial charge in [0.1, 0.15) is 5.82 Å². The first-order valence-corrected chi connectivity index (χ1v) is 8.29. The summed E-state index contributed by atoms with van der Waals surface area (Å²) in [6.07, 6.45) is -0.147. The Labute approximate surface area is 138 Å². The molecule has 0 saturated heterocycles. The molecule has 0 aromatic heterocycles. The molecule has 0 saturated carbocycles. The number of hydrogen-bond donors (Lipinski definition) is 1. The minimum atomic E-state index is -4.23. The van der Waals surface area contributed by atoms with Crippen LogP contribution in [-0.4, -0.2) is 26.0 Å². The molecule has 2 aromatic carbocycles. The molecule has 0 amide bonds. The zero-order valence-corrected chi connectivity index (χ0v) is 13.2. The normalized spacial score (nSPS) is 10.8. The molecule has 0 fully saturated rings. The van der Waals surface area contributed by atoms with Crippen LogP contribution in [0, 0.1) is 17.1 Å². The fourth-order valence-corrected chi connectivity index (χ4v) is 3.61. The molecule has 2 aromatic rings. The SMILES string of the molecule is N#CCCN(c1ccccc1F)S(=O)(=O)c1cccc(C(=O)O)c1. The summed E-state index contributed by atoms with van der Waals surface area (Å²) in [7, 11) is -4.23. The van der Waals surface area contributed by atoms with Crippen molar-refractivity contribution in [3.8, 4) is 6.07 Å². The van der Waals surface area contributed by atoms with Gasteiger partial charge in [-0.3, -0.25) is 4.31 Å². The lowest BCUT2D eigenvalue weighted by atomic mass is 10.2. The van der Waals surface area contributed by atoms with Crippen LogP contribution in [0.15, 0.2) is 53.4 Å². The van der Waals surface area contributed by atoms with Crippen LogP contribution < -0.4 is 4.31 Å². The number of benzene rings is 2. The molecule has 6 nitrogen and oxygen atoms in total. The van der Waals surface area contributed by atoms with E-state index in [9.17, 15) is 17.6 Å². The van der Waals surface area contributed by atoms with Gasteiger partial charge in [-0.05, 0) is 30.3 Å². The second kappa shape index (κ2) is 7.10. The number of carboxylic acid groups (broad SMARTS) is 1. The maximum absolute atomic E-state index is 14.0. The van der Waals surface area contributed by atoms with E-state index in [-0.39, 0.29) is 29.1 Å². The number of sulfonamides is 1. The van der Waals surface area contributed by atoms with Gasteiger partial charge in [-0.25, -0.2) is 17.6 Å². The van der Waals surface area contributed by atoms with Crippen molar-refractivity contribution in [1.82, 2.24) is 0 Å². The third kappa shape index (κ3) is 3.52. The number of aromatic carboxylic acids is 1. The van der Waals surface area contributed by atoms with Crippen molar-refractivity contribution in [3.63, 3.8) is 0 Å². The summed E-state index contributed by atoms with van der Waals surface area (Å²) in [5.41, 5.74) is -0.404. The molecule has 0 radical (unpaired) electrons. The lowest BCUT2D eigenvalue weighted by Gasteiger charge is -2.24. The number of hydrogen-bond acceptors (Lipinski definition) is 4. The van der Waals surface area contributed by atoms with Crippen molar-refractivity contribution in [3.05, 3.63) is 59.9 Å². The van der Waals surface area contributed by atoms with E-state index in [2.05, 4.69) is 0 Å². The van der Waals surface area contributed by atoms with Crippen LogP contribution in [0.25, 0.3) is 0 Å². The third-order valence-corrected chi connectivity index (χ3v) is 5.03. The Morgan fingerprint density at radius 1 is 1.21 bits per heavy atom. The zero-order chi connectivity index (χ0) is 17.7. The van der Waals surface area contributed by atoms with Gasteiger partial charge in [-0.15, -0.1) is 0 Å². The minimum Gasteiger partial charge on any atom is -0.478 e. The summed E-state index contributed by atoms with van der Waals surface area (Å²) < 4.78 is 40.5. The van der Waals surface area contributed by atoms with E-state index < -0.39 is 21.8 Å². The van der Waals surface area contributed by atoms with E-state index >= 15 is 0 Å². The van der Waals surface area contributed by atoms with Crippen LogP contribution >= 0.6 is 0 Å². The molecule has 1 N–H and O–H groups in total. The van der Waals surface area contributed by atoms with Crippen LogP contribution in [0.5, 0.6) is 0 Å². The quantitative estimate of drug-likeness (QED) is 0.865. The molecule has 0 bridgehead atoms. The molecule has 0 aliphatic heterocycles. The Balaban J connectivity index is 2.56. The maximum Gasteiger partial charge on any atom is 0.335 e. The summed E-state index contributed by atoms with van der Waals surface area (Å²) in [6, 6.07) is 11.9. The lowest BCUT2D eigenvalue weighted by molar-refractivity contribution is 0.0696. The van der Waals surface area contributed by atoms with E-state index in [0.29, 0.717) is 0 Å². The summed E-state index contributed by atoms with van der Waals surface area (Å²) in [6.45, 7) is -0.253. The Morgan fingerprint density at radius 3 is 2.54 bits per heavy atom. The second-order valence-corrected chi connectivity index (χ2v) is 6.63. The van der Waals surface area contributed by atoms with Crippen molar-refractivity contribution in [2.75, 3.05) is 10.8 Å². The van der Waals surface area contributed by atoms with E-state index in [4.69, 9.17) is 10.4 Å². The number of halogens is 1. The minimum absolute atomic E-state index is 0.147. The molecule has 0 aliphatic rings. The predicted molar refractivity (Wildman–Crippen MR) is 84.6 cm³/mol. The smallest absolute Gasteiger partial charge is 0.335 e. The van der Waals surface area contributed by atoms with Gasteiger partial charge in [0.25, 0.3) is 10.0 Å². The van der Waals surface area contributed by atoms with Crippen molar-refractivity contribution in [1.29, 1.82) is 5.26 Å². The molecule has 8 heteroatoms. The molecular weight excluding hydrogens is 335 g/mol. The van der Waals surface area contributed by atoms with Crippen LogP contribution in [-0.2, 0) is 10.0 Å². The standard InChI is InChI=1S/C16H13FN2O4S/c17-14-7-1-2-8-15(14)19(10-4-9-18)24(22,23)13-6-3-5-12(11-13)16(20)21/h1-3,5-8,11H,4,10H2,(H,20,21). The average Bonchev–Trinajstić information content (AvgIpc) is 2.56. The highest BCUT2D eigenvalue weighted by atomic mass is 32.2. The Hall–Kier alpha value is -2.92. The van der Waals surface area contributed by atoms with Gasteiger partial charge in [0.2, 0.25) is 0 Å². The Morgan fingerprint density at radius 2 is 1.92 bits per heavy atom. The summed E-state index contributed by atoms with van der Waals surface area (Å²) in [5, 5.41) is 17.7. The summed E-state index contributed by atoms with van der Waals surface area (Å²) in [5.74, 6) is -2.03. The molecule has 24 heavy (non-hydrogen) atoms. The van der Waals surface area contributed by atoms with Crippen molar-refractivity contribution >= 4 is 21.7 Å².